The maximum absolute atomic E-state index is 11.6. The van der Waals surface area contributed by atoms with E-state index < -0.39 is 6.29 Å². The van der Waals surface area contributed by atoms with Gasteiger partial charge in [-0.3, -0.25) is 4.79 Å². The van der Waals surface area contributed by atoms with Crippen LogP contribution in [0.25, 0.3) is 0 Å². The van der Waals surface area contributed by atoms with E-state index in [0.717, 1.165) is 6.42 Å². The Morgan fingerprint density at radius 2 is 1.94 bits per heavy atom. The zero-order valence-electron chi connectivity index (χ0n) is 11.9. The summed E-state index contributed by atoms with van der Waals surface area (Å²) in [6.45, 7) is 9.53. The number of hydrogen-bond acceptors (Lipinski definition) is 4. The third-order valence-corrected chi connectivity index (χ3v) is 3.82. The molecule has 4 nitrogen and oxygen atoms in total. The molecule has 0 aliphatic carbocycles. The Morgan fingerprint density at radius 1 is 1.33 bits per heavy atom. The van der Waals surface area contributed by atoms with Crippen molar-refractivity contribution in [3.63, 3.8) is 0 Å². The van der Waals surface area contributed by atoms with E-state index in [1.165, 1.54) is 6.92 Å². The van der Waals surface area contributed by atoms with Gasteiger partial charge >= 0.3 is 0 Å². The van der Waals surface area contributed by atoms with E-state index in [2.05, 4.69) is 20.4 Å². The summed E-state index contributed by atoms with van der Waals surface area (Å²) in [5.74, 6) is -0.0855. The van der Waals surface area contributed by atoms with Crippen molar-refractivity contribution in [1.29, 1.82) is 0 Å². The number of Topliss-reactive ketones (excluding diaryl/α,β-unsaturated/α-hetero) is 1. The monoisotopic (exact) mass is 256 g/mol. The first-order valence-electron chi connectivity index (χ1n) is 6.38. The molecule has 0 aromatic rings. The van der Waals surface area contributed by atoms with Gasteiger partial charge in [-0.1, -0.05) is 20.4 Å². The van der Waals surface area contributed by atoms with E-state index in [0.29, 0.717) is 5.57 Å². The van der Waals surface area contributed by atoms with Crippen LogP contribution >= 0.6 is 0 Å². The summed E-state index contributed by atoms with van der Waals surface area (Å²) in [6.07, 6.45) is 0.397. The summed E-state index contributed by atoms with van der Waals surface area (Å²) in [5, 5.41) is 0. The van der Waals surface area contributed by atoms with E-state index >= 15 is 0 Å². The number of carbonyl (C=O) groups is 1. The van der Waals surface area contributed by atoms with Gasteiger partial charge < -0.3 is 14.2 Å². The Hall–Kier alpha value is -0.710. The zero-order valence-corrected chi connectivity index (χ0v) is 11.9. The molecule has 0 aromatic heterocycles. The molecule has 18 heavy (non-hydrogen) atoms. The molecule has 1 aliphatic heterocycles. The molecular formula is C14H24O4. The first kappa shape index (κ1) is 15.3. The molecule has 1 fully saturated rings. The summed E-state index contributed by atoms with van der Waals surface area (Å²) in [5.41, 5.74) is 0.509. The molecule has 0 aromatic carbocycles. The van der Waals surface area contributed by atoms with E-state index in [-0.39, 0.29) is 29.8 Å². The summed E-state index contributed by atoms with van der Waals surface area (Å²) in [4.78, 5) is 11.6. The quantitative estimate of drug-likeness (QED) is 0.707. The fraction of sp³-hybridized carbons (Fsp3) is 0.786. The van der Waals surface area contributed by atoms with Crippen LogP contribution in [0.4, 0.5) is 0 Å². The predicted octanol–water partition coefficient (Wildman–Crippen LogP) is 2.18. The minimum absolute atomic E-state index is 0.0464. The minimum Gasteiger partial charge on any atom is -0.380 e. The van der Waals surface area contributed by atoms with Crippen LogP contribution in [-0.2, 0) is 19.0 Å². The van der Waals surface area contributed by atoms with E-state index in [9.17, 15) is 4.79 Å². The standard InChI is InChI=1S/C14H24O4/c1-7-11-9(3)13(16-5)12(8(2)10(4)15)14(17-6)18-11/h9,11-14H,2,7H2,1,3-6H3. The van der Waals surface area contributed by atoms with Crippen LogP contribution in [0, 0.1) is 11.8 Å². The summed E-state index contributed by atoms with van der Waals surface area (Å²) in [7, 11) is 3.24. The lowest BCUT2D eigenvalue weighted by molar-refractivity contribution is -0.252. The van der Waals surface area contributed by atoms with Gasteiger partial charge in [-0.25, -0.2) is 0 Å². The van der Waals surface area contributed by atoms with Gasteiger partial charge in [0, 0.05) is 20.1 Å². The number of carbonyl (C=O) groups excluding carboxylic acids is 1. The molecule has 0 bridgehead atoms. The molecule has 0 N–H and O–H groups in total. The summed E-state index contributed by atoms with van der Waals surface area (Å²) < 4.78 is 16.8. The number of rotatable bonds is 5. The van der Waals surface area contributed by atoms with Crippen molar-refractivity contribution in [2.45, 2.75) is 45.7 Å². The van der Waals surface area contributed by atoms with Crippen molar-refractivity contribution in [1.82, 2.24) is 0 Å². The molecule has 5 unspecified atom stereocenters. The molecule has 4 heteroatoms. The van der Waals surface area contributed by atoms with Gasteiger partial charge in [0.15, 0.2) is 12.1 Å². The van der Waals surface area contributed by atoms with Crippen LogP contribution in [-0.4, -0.2) is 38.5 Å². The maximum atomic E-state index is 11.6. The van der Waals surface area contributed by atoms with Crippen LogP contribution in [0.3, 0.4) is 0 Å². The molecule has 1 aliphatic rings. The van der Waals surface area contributed by atoms with Crippen molar-refractivity contribution < 1.29 is 19.0 Å². The van der Waals surface area contributed by atoms with Crippen LogP contribution in [0.15, 0.2) is 12.2 Å². The molecule has 0 radical (unpaired) electrons. The number of ether oxygens (including phenoxy) is 3. The van der Waals surface area contributed by atoms with Gasteiger partial charge in [0.05, 0.1) is 18.1 Å². The van der Waals surface area contributed by atoms with E-state index in [4.69, 9.17) is 14.2 Å². The number of methoxy groups -OCH3 is 2. The molecule has 0 saturated carbocycles. The summed E-state index contributed by atoms with van der Waals surface area (Å²) in [6, 6.07) is 0. The fourth-order valence-electron chi connectivity index (χ4n) is 2.70. The SMILES string of the molecule is C=C(C(C)=O)C1C(OC)OC(CC)C(C)C1OC. The molecular weight excluding hydrogens is 232 g/mol. The van der Waals surface area contributed by atoms with Crippen LogP contribution in [0.1, 0.15) is 27.2 Å². The van der Waals surface area contributed by atoms with Crippen LogP contribution in [0.5, 0.6) is 0 Å². The Bertz CT molecular complexity index is 313. The Labute approximate surface area is 109 Å². The third kappa shape index (κ3) is 2.82. The lowest BCUT2D eigenvalue weighted by Gasteiger charge is -2.45. The highest BCUT2D eigenvalue weighted by Crippen LogP contribution is 2.37. The average Bonchev–Trinajstić information content (AvgIpc) is 2.37. The van der Waals surface area contributed by atoms with Crippen molar-refractivity contribution in [2.24, 2.45) is 11.8 Å². The Balaban J connectivity index is 3.03. The van der Waals surface area contributed by atoms with Gasteiger partial charge in [0.25, 0.3) is 0 Å². The van der Waals surface area contributed by atoms with Gasteiger partial charge in [-0.05, 0) is 18.9 Å². The normalized spacial score (nSPS) is 36.4. The average molecular weight is 256 g/mol. The second-order valence-electron chi connectivity index (χ2n) is 4.85. The van der Waals surface area contributed by atoms with Crippen molar-refractivity contribution in [3.8, 4) is 0 Å². The third-order valence-electron chi connectivity index (χ3n) is 3.82. The van der Waals surface area contributed by atoms with Gasteiger partial charge in [0.1, 0.15) is 0 Å². The second kappa shape index (κ2) is 6.45. The predicted molar refractivity (Wildman–Crippen MR) is 69.2 cm³/mol. The van der Waals surface area contributed by atoms with Crippen molar-refractivity contribution >= 4 is 5.78 Å². The van der Waals surface area contributed by atoms with Crippen LogP contribution in [0.2, 0.25) is 0 Å². The molecule has 5 atom stereocenters. The molecule has 1 rings (SSSR count). The lowest BCUT2D eigenvalue weighted by Crippen LogP contribution is -2.52. The molecule has 1 saturated heterocycles. The van der Waals surface area contributed by atoms with Gasteiger partial charge in [-0.15, -0.1) is 0 Å². The molecule has 0 amide bonds. The number of hydrogen-bond donors (Lipinski definition) is 0. The smallest absolute Gasteiger partial charge is 0.166 e. The topological polar surface area (TPSA) is 44.8 Å². The molecule has 1 heterocycles. The highest BCUT2D eigenvalue weighted by Gasteiger charge is 2.45. The Kier molecular flexibility index (Phi) is 5.50. The van der Waals surface area contributed by atoms with E-state index in [1.807, 2.05) is 0 Å². The lowest BCUT2D eigenvalue weighted by atomic mass is 9.79. The number of ketones is 1. The maximum Gasteiger partial charge on any atom is 0.166 e. The first-order chi connectivity index (χ1) is 8.47. The molecule has 104 valence electrons. The largest absolute Gasteiger partial charge is 0.380 e. The molecule has 0 spiro atoms. The van der Waals surface area contributed by atoms with E-state index in [1.54, 1.807) is 14.2 Å². The first-order valence-corrected chi connectivity index (χ1v) is 6.38. The highest BCUT2D eigenvalue weighted by atomic mass is 16.7. The van der Waals surface area contributed by atoms with Crippen molar-refractivity contribution in [2.75, 3.05) is 14.2 Å². The van der Waals surface area contributed by atoms with Crippen molar-refractivity contribution in [3.05, 3.63) is 12.2 Å². The van der Waals surface area contributed by atoms with Crippen LogP contribution < -0.4 is 0 Å². The van der Waals surface area contributed by atoms with Gasteiger partial charge in [-0.2, -0.15) is 0 Å². The second-order valence-corrected chi connectivity index (χ2v) is 4.85. The zero-order chi connectivity index (χ0) is 13.9. The Morgan fingerprint density at radius 3 is 2.33 bits per heavy atom. The highest BCUT2D eigenvalue weighted by molar-refractivity contribution is 5.93. The summed E-state index contributed by atoms with van der Waals surface area (Å²) >= 11 is 0. The van der Waals surface area contributed by atoms with Gasteiger partial charge in [0.2, 0.25) is 0 Å². The fourth-order valence-corrected chi connectivity index (χ4v) is 2.70. The minimum atomic E-state index is -0.465.